The van der Waals surface area contributed by atoms with E-state index in [4.69, 9.17) is 9.47 Å². The summed E-state index contributed by atoms with van der Waals surface area (Å²) in [4.78, 5) is 24.7. The third-order valence-corrected chi connectivity index (χ3v) is 15.6. The van der Waals surface area contributed by atoms with Crippen molar-refractivity contribution in [1.29, 1.82) is 0 Å². The van der Waals surface area contributed by atoms with Crippen molar-refractivity contribution in [3.63, 3.8) is 0 Å². The van der Waals surface area contributed by atoms with Crippen LogP contribution in [0, 0.1) is 0 Å². The number of carbonyl (C=O) groups is 2. The maximum absolute atomic E-state index is 12.4. The van der Waals surface area contributed by atoms with Crippen molar-refractivity contribution in [2.45, 2.75) is 341 Å². The second-order valence-corrected chi connectivity index (χ2v) is 23.9. The first-order chi connectivity index (χ1) is 42.6. The number of unbranched alkanes of at least 4 members (excludes halogenated alkanes) is 34. The number of rotatable bonds is 66. The summed E-state index contributed by atoms with van der Waals surface area (Å²) in [6, 6.07) is 0. The minimum absolute atomic E-state index is 0.0717. The topological polar surface area (TPSA) is 72.8 Å². The van der Waals surface area contributed by atoms with Crippen LogP contribution in [0.1, 0.15) is 335 Å². The van der Waals surface area contributed by atoms with Crippen molar-refractivity contribution in [2.24, 2.45) is 0 Å². The molecule has 0 fully saturated rings. The summed E-state index contributed by atoms with van der Waals surface area (Å²) < 4.78 is 10.8. The minimum Gasteiger partial charge on any atom is -0.462 e. The Labute approximate surface area is 533 Å². The van der Waals surface area contributed by atoms with Crippen LogP contribution in [0.3, 0.4) is 0 Å². The number of esters is 2. The number of ether oxygens (including phenoxy) is 2. The third kappa shape index (κ3) is 72.3. The SMILES string of the molecule is CC/C=C\C/C=C\C/C=C\C/C=C\C/C=C\C/C=C\C/C=C\CCCCCCCCCCCC(=O)OC(CO)COC(=O)CCCCCCCCCCCCCCCCCCCCCCCCCCC/C=C\C/C=C\C/C=C\C/C=C\C/C=C\CC. The average Bonchev–Trinajstić information content (AvgIpc) is 3.55. The quantitative estimate of drug-likeness (QED) is 0.0373. The fourth-order valence-corrected chi connectivity index (χ4v) is 10.3. The highest BCUT2D eigenvalue weighted by Crippen LogP contribution is 2.18. The molecule has 0 bridgehead atoms. The Hall–Kier alpha value is -4.22. The fraction of sp³-hybridized carbons (Fsp3) is 0.679. The van der Waals surface area contributed by atoms with E-state index in [1.807, 2.05) is 0 Å². The van der Waals surface area contributed by atoms with E-state index in [0.717, 1.165) is 122 Å². The van der Waals surface area contributed by atoms with Crippen LogP contribution in [0.4, 0.5) is 0 Å². The molecule has 1 atom stereocenters. The van der Waals surface area contributed by atoms with Gasteiger partial charge in [0.1, 0.15) is 6.61 Å². The van der Waals surface area contributed by atoms with Gasteiger partial charge in [0.2, 0.25) is 0 Å². The first kappa shape index (κ1) is 81.8. The van der Waals surface area contributed by atoms with Gasteiger partial charge in [0, 0.05) is 12.8 Å². The fourth-order valence-electron chi connectivity index (χ4n) is 10.3. The van der Waals surface area contributed by atoms with Crippen LogP contribution in [-0.4, -0.2) is 36.4 Å². The van der Waals surface area contributed by atoms with E-state index >= 15 is 0 Å². The van der Waals surface area contributed by atoms with E-state index in [2.05, 4.69) is 160 Å². The van der Waals surface area contributed by atoms with Crippen LogP contribution in [-0.2, 0) is 19.1 Å². The van der Waals surface area contributed by atoms with Gasteiger partial charge in [0.05, 0.1) is 6.61 Å². The van der Waals surface area contributed by atoms with Gasteiger partial charge in [0.15, 0.2) is 6.10 Å². The second kappa shape index (κ2) is 75.0. The summed E-state index contributed by atoms with van der Waals surface area (Å²) in [6.07, 6.45) is 113. The largest absolute Gasteiger partial charge is 0.462 e. The molecule has 0 aromatic heterocycles. The summed E-state index contributed by atoms with van der Waals surface area (Å²) in [5, 5.41) is 9.71. The number of hydrogen-bond acceptors (Lipinski definition) is 5. The van der Waals surface area contributed by atoms with Crippen LogP contribution >= 0.6 is 0 Å². The number of aliphatic hydroxyl groups excluding tert-OH is 1. The van der Waals surface area contributed by atoms with Crippen LogP contribution in [0.25, 0.3) is 0 Å². The molecule has 1 N–H and O–H groups in total. The van der Waals surface area contributed by atoms with Crippen LogP contribution in [0.2, 0.25) is 0 Å². The highest BCUT2D eigenvalue weighted by atomic mass is 16.6. The molecule has 0 aromatic carbocycles. The summed E-state index contributed by atoms with van der Waals surface area (Å²) in [5.41, 5.74) is 0. The normalized spacial score (nSPS) is 13.1. The van der Waals surface area contributed by atoms with E-state index in [9.17, 15) is 14.7 Å². The van der Waals surface area contributed by atoms with Crippen molar-refractivity contribution in [3.05, 3.63) is 146 Å². The molecule has 0 aliphatic carbocycles. The smallest absolute Gasteiger partial charge is 0.306 e. The van der Waals surface area contributed by atoms with Crippen molar-refractivity contribution in [3.8, 4) is 0 Å². The molecule has 490 valence electrons. The van der Waals surface area contributed by atoms with Crippen LogP contribution in [0.15, 0.2) is 146 Å². The van der Waals surface area contributed by atoms with E-state index in [-0.39, 0.29) is 25.2 Å². The monoisotopic (exact) mass is 1190 g/mol. The van der Waals surface area contributed by atoms with Gasteiger partial charge in [-0.3, -0.25) is 9.59 Å². The van der Waals surface area contributed by atoms with Crippen LogP contribution in [0.5, 0.6) is 0 Å². The second-order valence-electron chi connectivity index (χ2n) is 23.9. The number of allylic oxidation sites excluding steroid dienone is 24. The molecule has 0 saturated heterocycles. The molecule has 5 heteroatoms. The zero-order valence-electron chi connectivity index (χ0n) is 56.3. The summed E-state index contributed by atoms with van der Waals surface area (Å²) in [5.74, 6) is -0.591. The predicted molar refractivity (Wildman–Crippen MR) is 380 cm³/mol. The molecule has 0 rings (SSSR count). The van der Waals surface area contributed by atoms with E-state index < -0.39 is 6.10 Å². The van der Waals surface area contributed by atoms with Gasteiger partial charge in [-0.15, -0.1) is 0 Å². The van der Waals surface area contributed by atoms with Gasteiger partial charge in [-0.05, 0) is 116 Å². The molecular formula is C81H136O5. The molecule has 0 heterocycles. The Morgan fingerprint density at radius 2 is 0.465 bits per heavy atom. The molecule has 0 aliphatic rings. The average molecular weight is 1190 g/mol. The first-order valence-electron chi connectivity index (χ1n) is 36.4. The molecule has 0 saturated carbocycles. The van der Waals surface area contributed by atoms with E-state index in [0.29, 0.717) is 12.8 Å². The number of aliphatic hydroxyl groups is 1. The highest BCUT2D eigenvalue weighted by molar-refractivity contribution is 5.70. The van der Waals surface area contributed by atoms with Gasteiger partial charge >= 0.3 is 11.9 Å². The van der Waals surface area contributed by atoms with Gasteiger partial charge in [-0.2, -0.15) is 0 Å². The summed E-state index contributed by atoms with van der Waals surface area (Å²) in [7, 11) is 0. The number of carbonyl (C=O) groups excluding carboxylic acids is 2. The lowest BCUT2D eigenvalue weighted by Crippen LogP contribution is -2.28. The summed E-state index contributed by atoms with van der Waals surface area (Å²) in [6.45, 7) is 3.93. The minimum atomic E-state index is -0.784. The maximum atomic E-state index is 12.4. The first-order valence-corrected chi connectivity index (χ1v) is 36.4. The van der Waals surface area contributed by atoms with E-state index in [1.54, 1.807) is 0 Å². The molecule has 0 radical (unpaired) electrons. The zero-order chi connectivity index (χ0) is 61.9. The molecule has 1 unspecified atom stereocenters. The Morgan fingerprint density at radius 3 is 0.698 bits per heavy atom. The lowest BCUT2D eigenvalue weighted by atomic mass is 10.0. The van der Waals surface area contributed by atoms with Crippen molar-refractivity contribution < 1.29 is 24.2 Å². The van der Waals surface area contributed by atoms with Crippen molar-refractivity contribution in [2.75, 3.05) is 13.2 Å². The van der Waals surface area contributed by atoms with Crippen molar-refractivity contribution in [1.82, 2.24) is 0 Å². The van der Waals surface area contributed by atoms with Crippen LogP contribution < -0.4 is 0 Å². The zero-order valence-corrected chi connectivity index (χ0v) is 56.3. The van der Waals surface area contributed by atoms with Crippen molar-refractivity contribution >= 4 is 11.9 Å². The summed E-state index contributed by atoms with van der Waals surface area (Å²) >= 11 is 0. The molecule has 0 aromatic rings. The number of hydrogen-bond donors (Lipinski definition) is 1. The van der Waals surface area contributed by atoms with Gasteiger partial charge in [-0.1, -0.05) is 352 Å². The predicted octanol–water partition coefficient (Wildman–Crippen LogP) is 25.7. The molecule has 86 heavy (non-hydrogen) atoms. The Morgan fingerprint density at radius 1 is 0.267 bits per heavy atom. The Balaban J connectivity index is 3.46. The lowest BCUT2D eigenvalue weighted by Gasteiger charge is -2.15. The highest BCUT2D eigenvalue weighted by Gasteiger charge is 2.16. The van der Waals surface area contributed by atoms with Gasteiger partial charge in [-0.25, -0.2) is 0 Å². The van der Waals surface area contributed by atoms with E-state index in [1.165, 1.54) is 186 Å². The molecule has 0 aliphatic heterocycles. The Bertz CT molecular complexity index is 1780. The third-order valence-electron chi connectivity index (χ3n) is 15.6. The van der Waals surface area contributed by atoms with Gasteiger partial charge < -0.3 is 14.6 Å². The molecule has 5 nitrogen and oxygen atoms in total. The molecule has 0 spiro atoms. The molecule has 0 amide bonds. The van der Waals surface area contributed by atoms with Gasteiger partial charge in [0.25, 0.3) is 0 Å². The molecular weight excluding hydrogens is 1050 g/mol. The Kier molecular flexibility index (Phi) is 71.3. The lowest BCUT2D eigenvalue weighted by molar-refractivity contribution is -0.161. The maximum Gasteiger partial charge on any atom is 0.306 e. The standard InChI is InChI=1S/C81H136O5/c1-3-5-7-9-11-13-15-17-19-21-23-25-27-29-31-33-35-36-37-38-39-40-41-42-43-44-46-47-49-51-53-55-57-59-61-63-65-67-69-71-73-75-80(83)85-78-79(77-82)86-81(84)76-74-72-70-68-66-64-62-60-58-56-54-52-50-48-45-34-32-30-28-26-24-22-20-18-16-14-12-10-8-6-4-2/h5-8,11-14,17-20,23-26,29-32,45,48,52,54,79,82H,3-4,9-10,15-16,21-22,27-28,33-44,46-47,49-51,53,55-78H2,1-2H3/b7-5-,8-6-,13-11-,14-12-,19-17-,20-18-,25-23-,26-24-,31-29-,32-30-,48-45-,54-52-.